The monoisotopic (exact) mass is 308 g/mol. The Balaban J connectivity index is 0.00000200. The zero-order valence-corrected chi connectivity index (χ0v) is 12.0. The van der Waals surface area contributed by atoms with E-state index in [0.717, 1.165) is 37.6 Å². The molecule has 0 aromatic heterocycles. The molecular weight excluding hydrogens is 289 g/mol. The van der Waals surface area contributed by atoms with Crippen LogP contribution in [0.4, 0.5) is 13.2 Å². The van der Waals surface area contributed by atoms with Gasteiger partial charge in [0.2, 0.25) is 0 Å². The van der Waals surface area contributed by atoms with E-state index in [1.165, 1.54) is 12.1 Å². The van der Waals surface area contributed by atoms with Gasteiger partial charge in [0.1, 0.15) is 0 Å². The molecule has 6 heteroatoms. The summed E-state index contributed by atoms with van der Waals surface area (Å²) < 4.78 is 37.8. The molecule has 1 aromatic rings. The van der Waals surface area contributed by atoms with Crippen LogP contribution in [0.25, 0.3) is 0 Å². The highest BCUT2D eigenvalue weighted by molar-refractivity contribution is 5.85. The van der Waals surface area contributed by atoms with Crippen molar-refractivity contribution < 1.29 is 13.2 Å². The van der Waals surface area contributed by atoms with Gasteiger partial charge in [0, 0.05) is 6.54 Å². The lowest BCUT2D eigenvalue weighted by Crippen LogP contribution is -2.35. The molecule has 1 aliphatic rings. The molecule has 20 heavy (non-hydrogen) atoms. The summed E-state index contributed by atoms with van der Waals surface area (Å²) >= 11 is 0. The van der Waals surface area contributed by atoms with E-state index in [1.807, 2.05) is 0 Å². The van der Waals surface area contributed by atoms with Crippen molar-refractivity contribution in [2.45, 2.75) is 25.6 Å². The minimum Gasteiger partial charge on any atom is -0.330 e. The number of benzene rings is 1. The maximum absolute atomic E-state index is 12.6. The van der Waals surface area contributed by atoms with Gasteiger partial charge >= 0.3 is 6.18 Å². The van der Waals surface area contributed by atoms with Gasteiger partial charge in [-0.15, -0.1) is 12.4 Å². The summed E-state index contributed by atoms with van der Waals surface area (Å²) in [6, 6.07) is 5.59. The predicted molar refractivity (Wildman–Crippen MR) is 75.7 cm³/mol. The topological polar surface area (TPSA) is 29.3 Å². The zero-order valence-electron chi connectivity index (χ0n) is 11.2. The Morgan fingerprint density at radius 3 is 2.40 bits per heavy atom. The average Bonchev–Trinajstić information content (AvgIpc) is 2.39. The van der Waals surface area contributed by atoms with Gasteiger partial charge in [0.25, 0.3) is 0 Å². The van der Waals surface area contributed by atoms with Crippen LogP contribution < -0.4 is 5.73 Å². The Kier molecular flexibility index (Phi) is 6.30. The van der Waals surface area contributed by atoms with Crippen LogP contribution in [0.3, 0.4) is 0 Å². The number of alkyl halides is 3. The summed E-state index contributed by atoms with van der Waals surface area (Å²) in [5, 5.41) is 0. The molecular formula is C14H20ClF3N2. The smallest absolute Gasteiger partial charge is 0.330 e. The lowest BCUT2D eigenvalue weighted by Gasteiger charge is -2.31. The van der Waals surface area contributed by atoms with Crippen molar-refractivity contribution in [2.24, 2.45) is 11.7 Å². The number of halogens is 4. The summed E-state index contributed by atoms with van der Waals surface area (Å²) in [7, 11) is 0. The first-order valence-electron chi connectivity index (χ1n) is 6.57. The Morgan fingerprint density at radius 2 is 1.85 bits per heavy atom. The second-order valence-corrected chi connectivity index (χ2v) is 5.15. The largest absolute Gasteiger partial charge is 0.416 e. The molecule has 2 nitrogen and oxygen atoms in total. The molecule has 2 N–H and O–H groups in total. The van der Waals surface area contributed by atoms with Crippen molar-refractivity contribution in [3.05, 3.63) is 35.4 Å². The van der Waals surface area contributed by atoms with E-state index in [4.69, 9.17) is 5.73 Å². The minimum absolute atomic E-state index is 0. The number of rotatable bonds is 3. The molecule has 1 aliphatic heterocycles. The maximum atomic E-state index is 12.6. The van der Waals surface area contributed by atoms with Crippen molar-refractivity contribution in [2.75, 3.05) is 19.6 Å². The maximum Gasteiger partial charge on any atom is 0.416 e. The SMILES string of the molecule is Cl.NCC1CCN(Cc2cccc(C(F)(F)F)c2)CC1. The number of hydrogen-bond acceptors (Lipinski definition) is 2. The van der Waals surface area contributed by atoms with E-state index in [0.29, 0.717) is 19.0 Å². The van der Waals surface area contributed by atoms with Crippen molar-refractivity contribution in [1.29, 1.82) is 0 Å². The average molecular weight is 309 g/mol. The molecule has 0 amide bonds. The summed E-state index contributed by atoms with van der Waals surface area (Å²) in [6.45, 7) is 3.12. The van der Waals surface area contributed by atoms with E-state index in [2.05, 4.69) is 4.90 Å². The third-order valence-electron chi connectivity index (χ3n) is 3.70. The van der Waals surface area contributed by atoms with Crippen molar-refractivity contribution in [1.82, 2.24) is 4.90 Å². The lowest BCUT2D eigenvalue weighted by molar-refractivity contribution is -0.137. The summed E-state index contributed by atoms with van der Waals surface area (Å²) in [5.41, 5.74) is 5.78. The van der Waals surface area contributed by atoms with Crippen molar-refractivity contribution in [3.63, 3.8) is 0 Å². The molecule has 0 unspecified atom stereocenters. The van der Waals surface area contributed by atoms with Crippen LogP contribution in [0.5, 0.6) is 0 Å². The molecule has 0 aliphatic carbocycles. The van der Waals surface area contributed by atoms with Crippen molar-refractivity contribution >= 4 is 12.4 Å². The van der Waals surface area contributed by atoms with E-state index in [1.54, 1.807) is 6.07 Å². The molecule has 1 fully saturated rings. The van der Waals surface area contributed by atoms with E-state index in [9.17, 15) is 13.2 Å². The van der Waals surface area contributed by atoms with Gasteiger partial charge in [-0.05, 0) is 50.0 Å². The van der Waals surface area contributed by atoms with E-state index < -0.39 is 11.7 Å². The van der Waals surface area contributed by atoms with E-state index >= 15 is 0 Å². The molecule has 0 saturated carbocycles. The molecule has 1 heterocycles. The molecule has 0 radical (unpaired) electrons. The van der Waals surface area contributed by atoms with Gasteiger partial charge in [0.15, 0.2) is 0 Å². The quantitative estimate of drug-likeness (QED) is 0.928. The first-order valence-corrected chi connectivity index (χ1v) is 6.57. The standard InChI is InChI=1S/C14H19F3N2.ClH/c15-14(16,17)13-3-1-2-12(8-13)10-19-6-4-11(9-18)5-7-19;/h1-3,8,11H,4-7,9-10,18H2;1H. The number of likely N-dealkylation sites (tertiary alicyclic amines) is 1. The third kappa shape index (κ3) is 4.65. The van der Waals surface area contributed by atoms with Crippen LogP contribution in [0.1, 0.15) is 24.0 Å². The Hall–Kier alpha value is -0.780. The fraction of sp³-hybridized carbons (Fsp3) is 0.571. The van der Waals surface area contributed by atoms with Gasteiger partial charge in [-0.25, -0.2) is 0 Å². The van der Waals surface area contributed by atoms with Crippen LogP contribution in [0.15, 0.2) is 24.3 Å². The normalized spacial score (nSPS) is 17.8. The Morgan fingerprint density at radius 1 is 1.20 bits per heavy atom. The number of nitrogens with zero attached hydrogens (tertiary/aromatic N) is 1. The molecule has 0 atom stereocenters. The molecule has 0 bridgehead atoms. The van der Waals surface area contributed by atoms with Crippen LogP contribution in [0.2, 0.25) is 0 Å². The third-order valence-corrected chi connectivity index (χ3v) is 3.70. The Bertz CT molecular complexity index is 415. The fourth-order valence-electron chi connectivity index (χ4n) is 2.48. The Labute approximate surface area is 123 Å². The second kappa shape index (κ2) is 7.29. The van der Waals surface area contributed by atoms with Crippen LogP contribution in [-0.4, -0.2) is 24.5 Å². The molecule has 2 rings (SSSR count). The highest BCUT2D eigenvalue weighted by atomic mass is 35.5. The van der Waals surface area contributed by atoms with Crippen LogP contribution in [0, 0.1) is 5.92 Å². The summed E-state index contributed by atoms with van der Waals surface area (Å²) in [6.07, 6.45) is -2.19. The van der Waals surface area contributed by atoms with Gasteiger partial charge in [-0.2, -0.15) is 13.2 Å². The van der Waals surface area contributed by atoms with Gasteiger partial charge < -0.3 is 5.73 Å². The number of nitrogens with two attached hydrogens (primary N) is 1. The van der Waals surface area contributed by atoms with Gasteiger partial charge in [0.05, 0.1) is 5.56 Å². The summed E-state index contributed by atoms with van der Waals surface area (Å²) in [4.78, 5) is 2.20. The van der Waals surface area contributed by atoms with Crippen LogP contribution in [-0.2, 0) is 12.7 Å². The van der Waals surface area contributed by atoms with Crippen molar-refractivity contribution in [3.8, 4) is 0 Å². The first kappa shape index (κ1) is 17.3. The van der Waals surface area contributed by atoms with Crippen LogP contribution >= 0.6 is 12.4 Å². The van der Waals surface area contributed by atoms with Gasteiger partial charge in [-0.1, -0.05) is 18.2 Å². The summed E-state index contributed by atoms with van der Waals surface area (Å²) in [5.74, 6) is 0.567. The fourth-order valence-corrected chi connectivity index (χ4v) is 2.48. The first-order chi connectivity index (χ1) is 8.99. The lowest BCUT2D eigenvalue weighted by atomic mass is 9.96. The highest BCUT2D eigenvalue weighted by Gasteiger charge is 2.30. The number of piperidine rings is 1. The molecule has 114 valence electrons. The molecule has 1 aromatic carbocycles. The predicted octanol–water partition coefficient (Wildman–Crippen LogP) is 3.30. The van der Waals surface area contributed by atoms with E-state index in [-0.39, 0.29) is 12.4 Å². The highest BCUT2D eigenvalue weighted by Crippen LogP contribution is 2.30. The zero-order chi connectivity index (χ0) is 13.9. The number of hydrogen-bond donors (Lipinski definition) is 1. The van der Waals surface area contributed by atoms with Gasteiger partial charge in [-0.3, -0.25) is 4.90 Å². The molecule has 1 saturated heterocycles. The molecule has 0 spiro atoms. The second-order valence-electron chi connectivity index (χ2n) is 5.15. The minimum atomic E-state index is -4.26.